The van der Waals surface area contributed by atoms with E-state index in [1.165, 1.54) is 0 Å². The highest BCUT2D eigenvalue weighted by atomic mass is 127. The smallest absolute Gasteiger partial charge is 0.0875 e. The summed E-state index contributed by atoms with van der Waals surface area (Å²) in [6.07, 6.45) is 0. The molecule has 0 saturated carbocycles. The molecule has 1 aromatic carbocycles. The molecule has 64 valence electrons. The third-order valence-corrected chi connectivity index (χ3v) is 3.06. The first-order valence-corrected chi connectivity index (χ1v) is 5.72. The van der Waals surface area contributed by atoms with Crippen molar-refractivity contribution in [2.24, 2.45) is 4.99 Å². The molecule has 0 heterocycles. The molecular weight excluding hydrogens is 401 g/mol. The number of nitrogens with zero attached hydrogens (tertiary/aromatic N) is 1. The lowest BCUT2D eigenvalue weighted by Gasteiger charge is -2.01. The molecule has 0 unspecified atom stereocenters. The number of rotatable bonds is 1. The molecule has 1 aromatic rings. The molecule has 0 radical (unpaired) electrons. The van der Waals surface area contributed by atoms with Crippen LogP contribution in [0.5, 0.6) is 0 Å². The van der Waals surface area contributed by atoms with E-state index in [1.807, 2.05) is 28.7 Å². The van der Waals surface area contributed by atoms with Crippen molar-refractivity contribution in [1.82, 2.24) is 0 Å². The van der Waals surface area contributed by atoms with Crippen LogP contribution in [0, 0.1) is 3.57 Å². The molecule has 0 amide bonds. The molecule has 0 aromatic heterocycles. The van der Waals surface area contributed by atoms with Crippen LogP contribution in [0.1, 0.15) is 0 Å². The summed E-state index contributed by atoms with van der Waals surface area (Å²) >= 11 is 10.0. The Balaban J connectivity index is 3.23. The molecule has 2 nitrogen and oxygen atoms in total. The molecule has 0 aliphatic heterocycles. The van der Waals surface area contributed by atoms with Gasteiger partial charge in [0, 0.05) is 3.57 Å². The highest BCUT2D eigenvalue weighted by molar-refractivity contribution is 14.1. The Bertz CT molecular complexity index is 325. The van der Waals surface area contributed by atoms with Gasteiger partial charge in [-0.3, -0.25) is 0 Å². The zero-order chi connectivity index (χ0) is 9.14. The van der Waals surface area contributed by atoms with Gasteiger partial charge in [0.05, 0.1) is 20.6 Å². The fourth-order valence-electron chi connectivity index (χ4n) is 0.716. The van der Waals surface area contributed by atoms with Crippen LogP contribution in [0.15, 0.2) is 17.1 Å². The van der Waals surface area contributed by atoms with Crippen LogP contribution in [-0.4, -0.2) is 4.22 Å². The maximum Gasteiger partial charge on any atom is 0.0875 e. The van der Waals surface area contributed by atoms with Crippen molar-refractivity contribution in [1.29, 1.82) is 0 Å². The maximum absolute atomic E-state index is 5.84. The molecule has 0 saturated heterocycles. The average molecular weight is 406 g/mol. The van der Waals surface area contributed by atoms with Gasteiger partial charge in [-0.1, -0.05) is 11.6 Å². The van der Waals surface area contributed by atoms with Gasteiger partial charge in [-0.2, -0.15) is 0 Å². The number of aliphatic imine (C=N–C) groups is 1. The molecule has 5 heteroatoms. The second-order valence-electron chi connectivity index (χ2n) is 2.05. The van der Waals surface area contributed by atoms with Crippen LogP contribution in [0.2, 0.25) is 5.02 Å². The van der Waals surface area contributed by atoms with Gasteiger partial charge in [0.1, 0.15) is 0 Å². The first kappa shape index (κ1) is 10.5. The SMILES string of the molecule is Nc1cc(Cl)c(I)cc1/N=C\I. The lowest BCUT2D eigenvalue weighted by molar-refractivity contribution is 1.52. The fraction of sp³-hybridized carbons (Fsp3) is 0. The quantitative estimate of drug-likeness (QED) is 0.432. The summed E-state index contributed by atoms with van der Waals surface area (Å²) in [5.74, 6) is 0. The standard InChI is InChI=1S/C7H5ClI2N2/c8-4-1-6(11)7(12-3-9)2-5(4)10/h1-3H,11H2/b12-3-. The van der Waals surface area contributed by atoms with Crippen molar-refractivity contribution in [3.63, 3.8) is 0 Å². The monoisotopic (exact) mass is 406 g/mol. The largest absolute Gasteiger partial charge is 0.397 e. The Labute approximate surface area is 103 Å². The summed E-state index contributed by atoms with van der Waals surface area (Å²) < 4.78 is 2.63. The lowest BCUT2D eigenvalue weighted by atomic mass is 10.3. The van der Waals surface area contributed by atoms with E-state index in [2.05, 4.69) is 27.6 Å². The van der Waals surface area contributed by atoms with Crippen LogP contribution in [-0.2, 0) is 0 Å². The summed E-state index contributed by atoms with van der Waals surface area (Å²) in [4.78, 5) is 4.08. The van der Waals surface area contributed by atoms with Crippen molar-refractivity contribution >= 4 is 72.4 Å². The first-order chi connectivity index (χ1) is 5.65. The van der Waals surface area contributed by atoms with Gasteiger partial charge in [-0.05, 0) is 57.3 Å². The van der Waals surface area contributed by atoms with Crippen molar-refractivity contribution in [2.45, 2.75) is 0 Å². The molecule has 0 spiro atoms. The second kappa shape index (κ2) is 4.61. The van der Waals surface area contributed by atoms with Gasteiger partial charge >= 0.3 is 0 Å². The van der Waals surface area contributed by atoms with E-state index in [9.17, 15) is 0 Å². The number of halogens is 3. The third-order valence-electron chi connectivity index (χ3n) is 1.26. The topological polar surface area (TPSA) is 38.4 Å². The van der Waals surface area contributed by atoms with Gasteiger partial charge in [0.2, 0.25) is 0 Å². The van der Waals surface area contributed by atoms with E-state index in [0.29, 0.717) is 10.7 Å². The molecule has 0 aliphatic carbocycles. The molecule has 0 bridgehead atoms. The minimum atomic E-state index is 0.605. The normalized spacial score (nSPS) is 10.9. The van der Waals surface area contributed by atoms with Gasteiger partial charge in [0.25, 0.3) is 0 Å². The third kappa shape index (κ3) is 2.46. The van der Waals surface area contributed by atoms with Gasteiger partial charge in [-0.25, -0.2) is 4.99 Å². The van der Waals surface area contributed by atoms with E-state index in [-0.39, 0.29) is 0 Å². The fourth-order valence-corrected chi connectivity index (χ4v) is 1.64. The van der Waals surface area contributed by atoms with Crippen molar-refractivity contribution < 1.29 is 0 Å². The number of anilines is 1. The predicted molar refractivity (Wildman–Crippen MR) is 70.8 cm³/mol. The lowest BCUT2D eigenvalue weighted by Crippen LogP contribution is -1.86. The molecule has 2 N–H and O–H groups in total. The zero-order valence-corrected chi connectivity index (χ0v) is 11.0. The Kier molecular flexibility index (Phi) is 4.04. The Morgan fingerprint density at radius 2 is 2.17 bits per heavy atom. The summed E-state index contributed by atoms with van der Waals surface area (Å²) in [6.45, 7) is 0. The second-order valence-corrected chi connectivity index (χ2v) is 4.18. The summed E-state index contributed by atoms with van der Waals surface area (Å²) in [5.41, 5.74) is 7.04. The van der Waals surface area contributed by atoms with Crippen LogP contribution < -0.4 is 5.73 Å². The Morgan fingerprint density at radius 1 is 1.50 bits per heavy atom. The number of nitrogens with two attached hydrogens (primary N) is 1. The predicted octanol–water partition coefficient (Wildman–Crippen LogP) is 3.62. The van der Waals surface area contributed by atoms with Crippen LogP contribution in [0.25, 0.3) is 0 Å². The van der Waals surface area contributed by atoms with E-state index in [1.54, 1.807) is 10.3 Å². The minimum absolute atomic E-state index is 0.605. The highest BCUT2D eigenvalue weighted by Gasteiger charge is 2.02. The first-order valence-electron chi connectivity index (χ1n) is 3.02. The molecule has 0 atom stereocenters. The Hall–Kier alpha value is 0.440. The molecule has 0 aliphatic rings. The summed E-state index contributed by atoms with van der Waals surface area (Å²) in [6, 6.07) is 3.57. The van der Waals surface area contributed by atoms with Crippen LogP contribution in [0.3, 0.4) is 0 Å². The van der Waals surface area contributed by atoms with Crippen molar-refractivity contribution in [2.75, 3.05) is 5.73 Å². The van der Waals surface area contributed by atoms with Gasteiger partial charge < -0.3 is 5.73 Å². The van der Waals surface area contributed by atoms with E-state index < -0.39 is 0 Å². The number of benzene rings is 1. The van der Waals surface area contributed by atoms with Crippen LogP contribution in [0.4, 0.5) is 11.4 Å². The molecule has 1 rings (SSSR count). The average Bonchev–Trinajstić information content (AvgIpc) is 2.01. The highest BCUT2D eigenvalue weighted by Crippen LogP contribution is 2.30. The van der Waals surface area contributed by atoms with Crippen molar-refractivity contribution in [3.8, 4) is 0 Å². The summed E-state index contributed by atoms with van der Waals surface area (Å²) in [7, 11) is 0. The van der Waals surface area contributed by atoms with Crippen LogP contribution >= 0.6 is 56.8 Å². The van der Waals surface area contributed by atoms with E-state index >= 15 is 0 Å². The number of nitrogen functional groups attached to an aromatic ring is 1. The zero-order valence-electron chi connectivity index (χ0n) is 5.89. The van der Waals surface area contributed by atoms with E-state index in [4.69, 9.17) is 17.3 Å². The molecular formula is C7H5ClI2N2. The maximum atomic E-state index is 5.84. The van der Waals surface area contributed by atoms with Gasteiger partial charge in [0.15, 0.2) is 0 Å². The van der Waals surface area contributed by atoms with E-state index in [0.717, 1.165) is 9.26 Å². The number of hydrogen-bond acceptors (Lipinski definition) is 2. The molecule has 0 fully saturated rings. The summed E-state index contributed by atoms with van der Waals surface area (Å²) in [5, 5.41) is 0.667. The minimum Gasteiger partial charge on any atom is -0.397 e. The van der Waals surface area contributed by atoms with Crippen molar-refractivity contribution in [3.05, 3.63) is 20.7 Å². The molecule has 12 heavy (non-hydrogen) atoms. The van der Waals surface area contributed by atoms with Gasteiger partial charge in [-0.15, -0.1) is 0 Å². The number of hydrogen-bond donors (Lipinski definition) is 1. The Morgan fingerprint density at radius 3 is 2.75 bits per heavy atom.